The largest absolute Gasteiger partial charge is 0.633 e. The average Bonchev–Trinajstić information content (AvgIpc) is 3.05. The van der Waals surface area contributed by atoms with Crippen LogP contribution in [0.4, 0.5) is 0 Å². The molecule has 15 nitrogen and oxygen atoms in total. The van der Waals surface area contributed by atoms with E-state index in [0.717, 1.165) is 0 Å². The fourth-order valence-corrected chi connectivity index (χ4v) is 8.52. The third kappa shape index (κ3) is 9.54. The minimum absolute atomic E-state index is 0.0595. The first kappa shape index (κ1) is 45.1. The molecule has 0 bridgehead atoms. The standard InChI is InChI=1S/C37H67NO14/c1-14-25-37(10,45)30(41)20(4)27(39)18(2)16-35(8,44)32(52-34-28(40)24(38(11,12)46)15-19(3)48-34)21(5)29(22(6)33(43)50-25)51-26-17-36(9,47-13)31(42)23(7)49-26/h18-26,28-32,34,40-42,44-45H,14-17H2,1-13H3/t18-,19-,20+,21+,22-,23+,24+,25?,26-,28-,29?,30-,31+,32-,34+,35-,36-,37+/m1/s1. The molecule has 0 aliphatic carbocycles. The molecule has 2 unspecified atom stereocenters. The summed E-state index contributed by atoms with van der Waals surface area (Å²) in [5.74, 6) is -5.27. The number of hydrogen-bond acceptors (Lipinski definition) is 14. The smallest absolute Gasteiger partial charge is 0.311 e. The van der Waals surface area contributed by atoms with E-state index < -0.39 is 124 Å². The first-order chi connectivity index (χ1) is 23.7. The summed E-state index contributed by atoms with van der Waals surface area (Å²) in [6.45, 7) is 15.9. The first-order valence-corrected chi connectivity index (χ1v) is 18.7. The van der Waals surface area contributed by atoms with Crippen molar-refractivity contribution in [2.24, 2.45) is 23.7 Å². The molecule has 3 aliphatic rings. The van der Waals surface area contributed by atoms with Crippen molar-refractivity contribution in [3.63, 3.8) is 0 Å². The van der Waals surface area contributed by atoms with Gasteiger partial charge in [-0.05, 0) is 54.4 Å². The molecule has 0 saturated carbocycles. The number of hydroxylamine groups is 3. The SMILES string of the molecule is CCC1OC(=O)[C@H](C)C(O[C@@H]2C[C@@](C)(OC)[C@@H](O)[C@H](C)O2)[C@H](C)[C@@H](O[C@@H]2O[C@H](C)C[C@H]([N+](C)(C)[O-])[C@H]2O)[C@](C)(O)C[C@@H](C)C(=O)[C@H](C)[C@@H](O)[C@@]1(C)O. The summed E-state index contributed by atoms with van der Waals surface area (Å²) in [5, 5.41) is 70.7. The molecule has 3 rings (SSSR count). The molecule has 304 valence electrons. The Kier molecular flexibility index (Phi) is 14.6. The van der Waals surface area contributed by atoms with Crippen molar-refractivity contribution in [1.29, 1.82) is 0 Å². The molecule has 0 radical (unpaired) electrons. The van der Waals surface area contributed by atoms with Gasteiger partial charge in [0.05, 0.1) is 61.7 Å². The lowest BCUT2D eigenvalue weighted by molar-refractivity contribution is -0.874. The number of ether oxygens (including phenoxy) is 6. The topological polar surface area (TPSA) is 214 Å². The lowest BCUT2D eigenvalue weighted by atomic mass is 9.74. The highest BCUT2D eigenvalue weighted by molar-refractivity contribution is 5.83. The van der Waals surface area contributed by atoms with Crippen LogP contribution in [0.1, 0.15) is 94.9 Å². The van der Waals surface area contributed by atoms with Gasteiger partial charge in [0.25, 0.3) is 0 Å². The number of aliphatic hydroxyl groups excluding tert-OH is 3. The van der Waals surface area contributed by atoms with Crippen LogP contribution in [0.5, 0.6) is 0 Å². The molecule has 0 aromatic heterocycles. The Morgan fingerprint density at radius 2 is 1.50 bits per heavy atom. The minimum Gasteiger partial charge on any atom is -0.633 e. The highest BCUT2D eigenvalue weighted by Gasteiger charge is 2.54. The molecule has 3 heterocycles. The van der Waals surface area contributed by atoms with Crippen molar-refractivity contribution < 1.29 is 68.2 Å². The predicted octanol–water partition coefficient (Wildman–Crippen LogP) is 1.80. The summed E-state index contributed by atoms with van der Waals surface area (Å²) in [5.41, 5.74) is -4.98. The van der Waals surface area contributed by atoms with E-state index in [9.17, 15) is 40.3 Å². The molecule has 3 fully saturated rings. The second kappa shape index (κ2) is 16.8. The summed E-state index contributed by atoms with van der Waals surface area (Å²) in [6.07, 6.45) is -11.1. The van der Waals surface area contributed by atoms with Crippen LogP contribution in [0.15, 0.2) is 0 Å². The molecule has 5 N–H and O–H groups in total. The Balaban J connectivity index is 2.20. The lowest BCUT2D eigenvalue weighted by Crippen LogP contribution is -2.63. The number of carbonyl (C=O) groups excluding carboxylic acids is 2. The number of rotatable bonds is 7. The van der Waals surface area contributed by atoms with Gasteiger partial charge in [0.15, 0.2) is 18.7 Å². The Bertz CT molecular complexity index is 1210. The average molecular weight is 750 g/mol. The molecular formula is C37H67NO14. The number of methoxy groups -OCH3 is 1. The van der Waals surface area contributed by atoms with E-state index in [1.807, 2.05) is 0 Å². The number of aliphatic hydroxyl groups is 5. The van der Waals surface area contributed by atoms with Gasteiger partial charge < -0.3 is 63.8 Å². The van der Waals surface area contributed by atoms with E-state index in [2.05, 4.69) is 0 Å². The number of cyclic esters (lactones) is 1. The Morgan fingerprint density at radius 1 is 0.904 bits per heavy atom. The number of likely N-dealkylation sites (N-methyl/N-ethyl adjacent to an activating group) is 1. The van der Waals surface area contributed by atoms with Crippen molar-refractivity contribution in [3.05, 3.63) is 5.21 Å². The van der Waals surface area contributed by atoms with E-state index in [1.165, 1.54) is 42.0 Å². The maximum Gasteiger partial charge on any atom is 0.311 e. The molecule has 0 aromatic rings. The first-order valence-electron chi connectivity index (χ1n) is 18.7. The van der Waals surface area contributed by atoms with Crippen LogP contribution in [-0.2, 0) is 38.0 Å². The van der Waals surface area contributed by atoms with Crippen molar-refractivity contribution in [2.75, 3.05) is 21.2 Å². The molecular weight excluding hydrogens is 682 g/mol. The van der Waals surface area contributed by atoms with Gasteiger partial charge in [-0.1, -0.05) is 27.7 Å². The van der Waals surface area contributed by atoms with Crippen LogP contribution < -0.4 is 0 Å². The quantitative estimate of drug-likeness (QED) is 0.143. The maximum atomic E-state index is 14.1. The molecule has 18 atom stereocenters. The van der Waals surface area contributed by atoms with Crippen molar-refractivity contribution in [1.82, 2.24) is 0 Å². The van der Waals surface area contributed by atoms with Gasteiger partial charge in [-0.3, -0.25) is 9.59 Å². The highest BCUT2D eigenvalue weighted by Crippen LogP contribution is 2.41. The third-order valence-electron chi connectivity index (χ3n) is 12.0. The molecule has 3 saturated heterocycles. The van der Waals surface area contributed by atoms with Crippen LogP contribution in [0.25, 0.3) is 0 Å². The monoisotopic (exact) mass is 749 g/mol. The molecule has 15 heteroatoms. The van der Waals surface area contributed by atoms with E-state index in [4.69, 9.17) is 28.4 Å². The zero-order chi connectivity index (χ0) is 39.9. The van der Waals surface area contributed by atoms with Gasteiger partial charge in [-0.2, -0.15) is 0 Å². The van der Waals surface area contributed by atoms with Gasteiger partial charge in [-0.25, -0.2) is 0 Å². The summed E-state index contributed by atoms with van der Waals surface area (Å²) in [7, 11) is 4.30. The number of hydrogen-bond donors (Lipinski definition) is 5. The van der Waals surface area contributed by atoms with Gasteiger partial charge in [-0.15, -0.1) is 0 Å². The van der Waals surface area contributed by atoms with Crippen LogP contribution in [-0.4, -0.2) is 147 Å². The summed E-state index contributed by atoms with van der Waals surface area (Å²) >= 11 is 0. The molecule has 0 aromatic carbocycles. The van der Waals surface area contributed by atoms with E-state index in [0.29, 0.717) is 0 Å². The zero-order valence-electron chi connectivity index (χ0n) is 33.3. The summed E-state index contributed by atoms with van der Waals surface area (Å²) in [6, 6.07) is -0.828. The summed E-state index contributed by atoms with van der Waals surface area (Å²) < 4.78 is 36.0. The normalized spacial score (nSPS) is 49.2. The van der Waals surface area contributed by atoms with Gasteiger partial charge in [0.1, 0.15) is 29.6 Å². The minimum atomic E-state index is -2.02. The summed E-state index contributed by atoms with van der Waals surface area (Å²) in [4.78, 5) is 27.9. The number of quaternary nitrogens is 1. The van der Waals surface area contributed by atoms with Crippen LogP contribution in [0.3, 0.4) is 0 Å². The zero-order valence-corrected chi connectivity index (χ0v) is 33.3. The maximum absolute atomic E-state index is 14.1. The third-order valence-corrected chi connectivity index (χ3v) is 12.0. The highest BCUT2D eigenvalue weighted by atomic mass is 16.7. The Labute approximate surface area is 309 Å². The molecule has 0 amide bonds. The number of Topliss-reactive ketones (excluding diaryl/α,β-unsaturated/α-hetero) is 1. The fraction of sp³-hybridized carbons (Fsp3) is 0.946. The van der Waals surface area contributed by atoms with Gasteiger partial charge in [0.2, 0.25) is 0 Å². The second-order valence-electron chi connectivity index (χ2n) is 16.9. The Morgan fingerprint density at radius 3 is 2.04 bits per heavy atom. The molecule has 52 heavy (non-hydrogen) atoms. The second-order valence-corrected chi connectivity index (χ2v) is 16.9. The van der Waals surface area contributed by atoms with E-state index in [1.54, 1.807) is 48.5 Å². The Hall–Kier alpha value is -1.34. The van der Waals surface area contributed by atoms with Crippen molar-refractivity contribution in [3.8, 4) is 0 Å². The number of carbonyl (C=O) groups is 2. The van der Waals surface area contributed by atoms with Crippen LogP contribution in [0, 0.1) is 28.9 Å². The van der Waals surface area contributed by atoms with Crippen LogP contribution >= 0.6 is 0 Å². The van der Waals surface area contributed by atoms with Gasteiger partial charge >= 0.3 is 5.97 Å². The van der Waals surface area contributed by atoms with Gasteiger partial charge in [0, 0.05) is 37.7 Å². The van der Waals surface area contributed by atoms with E-state index >= 15 is 0 Å². The number of ketones is 1. The molecule has 3 aliphatic heterocycles. The number of nitrogens with zero attached hydrogens (tertiary/aromatic N) is 1. The van der Waals surface area contributed by atoms with Crippen molar-refractivity contribution >= 4 is 11.8 Å². The predicted molar refractivity (Wildman–Crippen MR) is 188 cm³/mol. The van der Waals surface area contributed by atoms with Crippen LogP contribution in [0.2, 0.25) is 0 Å². The molecule has 0 spiro atoms. The number of esters is 1. The fourth-order valence-electron chi connectivity index (χ4n) is 8.52. The van der Waals surface area contributed by atoms with E-state index in [-0.39, 0.29) is 25.7 Å². The lowest BCUT2D eigenvalue weighted by Gasteiger charge is -2.51. The van der Waals surface area contributed by atoms with Crippen molar-refractivity contribution in [2.45, 2.75) is 179 Å².